The fraction of sp³-hybridized carbons (Fsp3) is 0.280. The summed E-state index contributed by atoms with van der Waals surface area (Å²) in [7, 11) is 1.64. The molecule has 1 aliphatic carbocycles. The van der Waals surface area contributed by atoms with Crippen molar-refractivity contribution in [3.8, 4) is 5.75 Å². The molecule has 1 aliphatic rings. The lowest BCUT2D eigenvalue weighted by molar-refractivity contribution is -0.115. The predicted molar refractivity (Wildman–Crippen MR) is 121 cm³/mol. The highest BCUT2D eigenvalue weighted by Gasteiger charge is 2.32. The van der Waals surface area contributed by atoms with Crippen molar-refractivity contribution in [3.05, 3.63) is 83.8 Å². The maximum Gasteiger partial charge on any atom is 0.253 e. The van der Waals surface area contributed by atoms with E-state index in [2.05, 4.69) is 16.0 Å². The first kappa shape index (κ1) is 21.6. The van der Waals surface area contributed by atoms with Gasteiger partial charge in [-0.3, -0.25) is 9.59 Å². The van der Waals surface area contributed by atoms with Crippen LogP contribution in [0.25, 0.3) is 0 Å². The summed E-state index contributed by atoms with van der Waals surface area (Å²) in [5.41, 5.74) is 2.02. The van der Waals surface area contributed by atoms with E-state index in [1.165, 1.54) is 0 Å². The van der Waals surface area contributed by atoms with Gasteiger partial charge in [0.1, 0.15) is 11.5 Å². The number of hydrogen-bond acceptors (Lipinski definition) is 5. The van der Waals surface area contributed by atoms with Crippen LogP contribution in [0, 0.1) is 5.92 Å². The summed E-state index contributed by atoms with van der Waals surface area (Å²) in [6.45, 7) is 0.427. The number of methoxy groups -OCH3 is 1. The second kappa shape index (κ2) is 10.2. The summed E-state index contributed by atoms with van der Waals surface area (Å²) < 4.78 is 10.5. The van der Waals surface area contributed by atoms with Gasteiger partial charge in [-0.2, -0.15) is 0 Å². The van der Waals surface area contributed by atoms with E-state index >= 15 is 0 Å². The first-order valence-corrected chi connectivity index (χ1v) is 10.7. The number of rotatable bonds is 10. The van der Waals surface area contributed by atoms with E-state index in [9.17, 15) is 9.59 Å². The van der Waals surface area contributed by atoms with Crippen LogP contribution in [-0.4, -0.2) is 25.5 Å². The molecule has 7 nitrogen and oxygen atoms in total. The van der Waals surface area contributed by atoms with Gasteiger partial charge in [0.15, 0.2) is 0 Å². The number of benzene rings is 2. The summed E-state index contributed by atoms with van der Waals surface area (Å²) in [6.07, 6.45) is 3.84. The number of carbonyl (C=O) groups excluding carboxylic acids is 2. The molecule has 7 heteroatoms. The fourth-order valence-electron chi connectivity index (χ4n) is 3.66. The molecule has 0 saturated heterocycles. The lowest BCUT2D eigenvalue weighted by atomic mass is 10.0. The number of nitrogens with one attached hydrogen (secondary N) is 3. The molecule has 1 atom stereocenters. The highest BCUT2D eigenvalue weighted by atomic mass is 16.5. The Morgan fingerprint density at radius 2 is 1.84 bits per heavy atom. The molecule has 1 saturated carbocycles. The molecule has 1 heterocycles. The molecular formula is C25H27N3O4. The third kappa shape index (κ3) is 5.56. The second-order valence-corrected chi connectivity index (χ2v) is 7.82. The molecule has 3 N–H and O–H groups in total. The van der Waals surface area contributed by atoms with Gasteiger partial charge >= 0.3 is 0 Å². The van der Waals surface area contributed by atoms with Gasteiger partial charge < -0.3 is 25.1 Å². The Morgan fingerprint density at radius 3 is 2.53 bits per heavy atom. The minimum Gasteiger partial charge on any atom is -0.497 e. The zero-order valence-corrected chi connectivity index (χ0v) is 18.0. The Morgan fingerprint density at radius 1 is 1.06 bits per heavy atom. The maximum absolute atomic E-state index is 12.7. The van der Waals surface area contributed by atoms with Crippen LogP contribution in [0.4, 0.5) is 5.69 Å². The van der Waals surface area contributed by atoms with Gasteiger partial charge in [0.05, 0.1) is 37.7 Å². The average Bonchev–Trinajstić information content (AvgIpc) is 3.52. The van der Waals surface area contributed by atoms with Crippen molar-refractivity contribution in [1.29, 1.82) is 0 Å². The van der Waals surface area contributed by atoms with Crippen molar-refractivity contribution in [2.75, 3.05) is 19.0 Å². The smallest absolute Gasteiger partial charge is 0.253 e. The number of para-hydroxylation sites is 1. The van der Waals surface area contributed by atoms with Crippen molar-refractivity contribution in [2.24, 2.45) is 5.92 Å². The average molecular weight is 434 g/mol. The minimum absolute atomic E-state index is 0.110. The first-order valence-electron chi connectivity index (χ1n) is 10.7. The summed E-state index contributed by atoms with van der Waals surface area (Å²) in [6, 6.07) is 18.6. The Labute approximate surface area is 187 Å². The van der Waals surface area contributed by atoms with Crippen LogP contribution in [0.1, 0.15) is 40.6 Å². The zero-order valence-electron chi connectivity index (χ0n) is 18.0. The van der Waals surface area contributed by atoms with Crippen molar-refractivity contribution in [1.82, 2.24) is 10.6 Å². The monoisotopic (exact) mass is 433 g/mol. The Kier molecular flexibility index (Phi) is 6.87. The molecule has 4 rings (SSSR count). The van der Waals surface area contributed by atoms with E-state index in [1.807, 2.05) is 24.3 Å². The van der Waals surface area contributed by atoms with Gasteiger partial charge in [-0.25, -0.2) is 0 Å². The fourth-order valence-corrected chi connectivity index (χ4v) is 3.66. The summed E-state index contributed by atoms with van der Waals surface area (Å²) in [5, 5.41) is 9.05. The van der Waals surface area contributed by atoms with Gasteiger partial charge in [0.2, 0.25) is 5.91 Å². The van der Waals surface area contributed by atoms with Crippen LogP contribution in [0.3, 0.4) is 0 Å². The summed E-state index contributed by atoms with van der Waals surface area (Å²) in [4.78, 5) is 25.3. The Balaban J connectivity index is 1.35. The molecule has 0 radical (unpaired) electrons. The lowest BCUT2D eigenvalue weighted by Gasteiger charge is -2.19. The number of ether oxygens (including phenoxy) is 1. The maximum atomic E-state index is 12.7. The third-order valence-corrected chi connectivity index (χ3v) is 5.50. The topological polar surface area (TPSA) is 92.6 Å². The number of carbonyl (C=O) groups is 2. The molecule has 2 amide bonds. The minimum atomic E-state index is -0.278. The summed E-state index contributed by atoms with van der Waals surface area (Å²) >= 11 is 0. The van der Waals surface area contributed by atoms with E-state index in [4.69, 9.17) is 9.15 Å². The second-order valence-electron chi connectivity index (χ2n) is 7.82. The third-order valence-electron chi connectivity index (χ3n) is 5.50. The molecule has 0 aliphatic heterocycles. The Hall–Kier alpha value is -3.58. The van der Waals surface area contributed by atoms with Crippen molar-refractivity contribution in [3.63, 3.8) is 0 Å². The predicted octanol–water partition coefficient (Wildman–Crippen LogP) is 3.90. The largest absolute Gasteiger partial charge is 0.497 e. The van der Waals surface area contributed by atoms with Crippen LogP contribution in [0.2, 0.25) is 0 Å². The molecule has 3 aromatic rings. The molecule has 0 bridgehead atoms. The molecule has 32 heavy (non-hydrogen) atoms. The van der Waals surface area contributed by atoms with Gasteiger partial charge in [-0.05, 0) is 60.7 Å². The van der Waals surface area contributed by atoms with E-state index in [0.717, 1.165) is 24.2 Å². The van der Waals surface area contributed by atoms with Gasteiger partial charge in [0.25, 0.3) is 5.91 Å². The molecule has 2 aromatic carbocycles. The van der Waals surface area contributed by atoms with Crippen molar-refractivity contribution in [2.45, 2.75) is 25.4 Å². The van der Waals surface area contributed by atoms with E-state index in [-0.39, 0.29) is 30.9 Å². The van der Waals surface area contributed by atoms with Crippen LogP contribution in [0.5, 0.6) is 5.75 Å². The highest BCUT2D eigenvalue weighted by molar-refractivity contribution is 6.04. The van der Waals surface area contributed by atoms with Gasteiger partial charge in [-0.1, -0.05) is 24.3 Å². The molecule has 1 unspecified atom stereocenters. The van der Waals surface area contributed by atoms with Crippen molar-refractivity contribution >= 4 is 17.5 Å². The van der Waals surface area contributed by atoms with Crippen LogP contribution < -0.4 is 20.7 Å². The Bertz CT molecular complexity index is 1040. The SMILES string of the molecule is COc1ccc(C(NCC(=O)Nc2ccccc2C(=O)NCc2ccco2)C2CC2)cc1. The number of anilines is 1. The zero-order chi connectivity index (χ0) is 22.3. The van der Waals surface area contributed by atoms with E-state index in [0.29, 0.717) is 22.9 Å². The standard InChI is InChI=1S/C25H27N3O4/c1-31-19-12-10-18(11-13-19)24(17-8-9-17)26-16-23(29)28-22-7-3-2-6-21(22)25(30)27-15-20-5-4-14-32-20/h2-7,10-14,17,24,26H,8-9,15-16H2,1H3,(H,27,30)(H,28,29). The normalized spacial score (nSPS) is 13.9. The highest BCUT2D eigenvalue weighted by Crippen LogP contribution is 2.41. The number of amides is 2. The van der Waals surface area contributed by atoms with Crippen LogP contribution in [0.15, 0.2) is 71.3 Å². The quantitative estimate of drug-likeness (QED) is 0.451. The van der Waals surface area contributed by atoms with Crippen LogP contribution >= 0.6 is 0 Å². The lowest BCUT2D eigenvalue weighted by Crippen LogP contribution is -2.33. The van der Waals surface area contributed by atoms with Gasteiger partial charge in [0, 0.05) is 6.04 Å². The molecule has 0 spiro atoms. The first-order chi connectivity index (χ1) is 15.6. The molecule has 1 fully saturated rings. The molecule has 166 valence electrons. The number of hydrogen-bond donors (Lipinski definition) is 3. The van der Waals surface area contributed by atoms with Gasteiger partial charge in [-0.15, -0.1) is 0 Å². The van der Waals surface area contributed by atoms with Crippen molar-refractivity contribution < 1.29 is 18.7 Å². The molecular weight excluding hydrogens is 406 g/mol. The number of furan rings is 1. The summed E-state index contributed by atoms with van der Waals surface area (Å²) in [5.74, 6) is 1.52. The molecule has 1 aromatic heterocycles. The van der Waals surface area contributed by atoms with Crippen LogP contribution in [-0.2, 0) is 11.3 Å². The van der Waals surface area contributed by atoms with E-state index < -0.39 is 0 Å². The van der Waals surface area contributed by atoms with E-state index in [1.54, 1.807) is 49.8 Å².